The minimum atomic E-state index is -1.06. The predicted molar refractivity (Wildman–Crippen MR) is 566 cm³/mol. The summed E-state index contributed by atoms with van der Waals surface area (Å²) in [4.78, 5) is 156. The molecule has 30 nitrogen and oxygen atoms in total. The first-order valence-electron chi connectivity index (χ1n) is 51.4. The van der Waals surface area contributed by atoms with Crippen LogP contribution in [0.1, 0.15) is 378 Å². The molecule has 4 aromatic carbocycles. The molecule has 7 rings (SSSR count). The van der Waals surface area contributed by atoms with E-state index >= 15 is 0 Å². The fourth-order valence-electron chi connectivity index (χ4n) is 12.0. The van der Waals surface area contributed by atoms with E-state index in [2.05, 4.69) is 185 Å². The van der Waals surface area contributed by atoms with Crippen LogP contribution in [0.5, 0.6) is 0 Å². The van der Waals surface area contributed by atoms with Gasteiger partial charge in [-0.2, -0.15) is 0 Å². The lowest BCUT2D eigenvalue weighted by Gasteiger charge is -2.36. The van der Waals surface area contributed by atoms with E-state index in [4.69, 9.17) is 62.7 Å². The molecule has 3 unspecified atom stereocenters. The van der Waals surface area contributed by atoms with E-state index in [-0.39, 0.29) is 136 Å². The van der Waals surface area contributed by atoms with Crippen molar-refractivity contribution in [1.29, 1.82) is 0 Å². The third kappa shape index (κ3) is 57.7. The summed E-state index contributed by atoms with van der Waals surface area (Å²) in [7, 11) is 6.25. The highest BCUT2D eigenvalue weighted by Gasteiger charge is 2.39. The third-order valence-electron chi connectivity index (χ3n) is 27.4. The van der Waals surface area contributed by atoms with Gasteiger partial charge in [0.05, 0.1) is 125 Å². The summed E-state index contributed by atoms with van der Waals surface area (Å²) < 4.78 is 56.0. The number of ether oxygens (including phenoxy) is 11. The van der Waals surface area contributed by atoms with Gasteiger partial charge in [-0.3, -0.25) is 43.2 Å². The van der Waals surface area contributed by atoms with Crippen LogP contribution < -0.4 is 24.8 Å². The van der Waals surface area contributed by atoms with Crippen molar-refractivity contribution >= 4 is 96.0 Å². The SMILES string of the molecule is CCC(C)(C)C(=O)OC1CCOC1=O.CCC(C)(C)C(=O)OC1CCOC1=O.CCC(C)(C)C(=O)OCCOC(=O)CCC(=O)OC1CCOC1=O.CCC(C)(C)C(=O)OCC[N+](C)(C)C.CCC(C)(C)OC(=O)CCOC(=O)CCC(=O)O.CCC(C)(C)c1ccc(C(=O)O)cc1.CCC(C)(C)c1ccc(C(=O)O)cc1.CCC(C)(C)c1ccc(C[N+](CC)(CC)CC)cc1.CCc1ccc(C(C)(C)CC)cc1.Cl.[Cl-].[Cl-]. The molecule has 3 N–H and O–H groups in total. The first-order chi connectivity index (χ1) is 66.6. The fourth-order valence-corrected chi connectivity index (χ4v) is 12.0. The van der Waals surface area contributed by atoms with Crippen molar-refractivity contribution in [3.63, 3.8) is 0 Å². The molecular formula is C114H185Cl3N2O28. The van der Waals surface area contributed by atoms with Gasteiger partial charge in [0, 0.05) is 24.8 Å². The smallest absolute Gasteiger partial charge is 0.347 e. The van der Waals surface area contributed by atoms with Gasteiger partial charge in [-0.05, 0) is 228 Å². The molecular weight excluding hydrogens is 1950 g/mol. The Morgan fingerprint density at radius 3 is 0.898 bits per heavy atom. The Morgan fingerprint density at radius 1 is 0.333 bits per heavy atom. The fraction of sp³-hybridized carbons (Fsp3) is 0.667. The molecule has 33 heteroatoms. The van der Waals surface area contributed by atoms with Crippen LogP contribution >= 0.6 is 12.4 Å². The molecule has 0 aromatic heterocycles. The number of rotatable bonds is 44. The second-order valence-electron chi connectivity index (χ2n) is 43.0. The van der Waals surface area contributed by atoms with Crippen molar-refractivity contribution in [1.82, 2.24) is 0 Å². The molecule has 840 valence electrons. The molecule has 0 radical (unpaired) electrons. The lowest BCUT2D eigenvalue weighted by Crippen LogP contribution is -3.00. The van der Waals surface area contributed by atoms with E-state index in [0.29, 0.717) is 86.7 Å². The monoisotopic (exact) mass is 2140 g/mol. The van der Waals surface area contributed by atoms with Crippen molar-refractivity contribution in [3.05, 3.63) is 142 Å². The molecule has 0 bridgehead atoms. The number of nitrogens with zero attached hydrogens (tertiary/aromatic N) is 2. The number of aliphatic carboxylic acids is 1. The largest absolute Gasteiger partial charge is 1.00 e. The molecule has 3 aliphatic rings. The summed E-state index contributed by atoms with van der Waals surface area (Å²) in [6.07, 6.45) is 7.30. The maximum absolute atomic E-state index is 11.7. The first kappa shape index (κ1) is 146. The van der Waals surface area contributed by atoms with E-state index in [0.717, 1.165) is 43.3 Å². The van der Waals surface area contributed by atoms with Crippen LogP contribution in [0.25, 0.3) is 0 Å². The van der Waals surface area contributed by atoms with Gasteiger partial charge in [0.25, 0.3) is 0 Å². The number of carbonyl (C=O) groups excluding carboxylic acids is 11. The van der Waals surface area contributed by atoms with Gasteiger partial charge in [-0.15, -0.1) is 12.4 Å². The van der Waals surface area contributed by atoms with Gasteiger partial charge < -0.3 is 101 Å². The summed E-state index contributed by atoms with van der Waals surface area (Å²) >= 11 is 0. The Morgan fingerprint density at radius 2 is 0.619 bits per heavy atom. The minimum absolute atomic E-state index is 0. The highest BCUT2D eigenvalue weighted by molar-refractivity contribution is 5.89. The van der Waals surface area contributed by atoms with Gasteiger partial charge in [-0.1, -0.05) is 197 Å². The number of carboxylic acid groups (broad SMARTS) is 3. The molecule has 3 heterocycles. The molecule has 0 aliphatic carbocycles. The van der Waals surface area contributed by atoms with Crippen LogP contribution in [-0.4, -0.2) is 225 Å². The number of hydrogen-bond acceptors (Lipinski definition) is 25. The predicted octanol–water partition coefficient (Wildman–Crippen LogP) is 16.2. The zero-order valence-electron chi connectivity index (χ0n) is 95.3. The van der Waals surface area contributed by atoms with E-state index in [9.17, 15) is 67.1 Å². The summed E-state index contributed by atoms with van der Waals surface area (Å²) in [6.45, 7) is 70.4. The Labute approximate surface area is 898 Å². The number of esters is 11. The summed E-state index contributed by atoms with van der Waals surface area (Å²) in [6, 6.07) is 32.6. The number of carbonyl (C=O) groups is 14. The number of benzene rings is 4. The maximum atomic E-state index is 11.7. The van der Waals surface area contributed by atoms with Gasteiger partial charge in [-0.25, -0.2) is 24.0 Å². The molecule has 4 aromatic rings. The van der Waals surface area contributed by atoms with Crippen LogP contribution in [0.2, 0.25) is 0 Å². The number of quaternary nitrogens is 2. The molecule has 147 heavy (non-hydrogen) atoms. The van der Waals surface area contributed by atoms with Gasteiger partial charge in [0.15, 0.2) is 0 Å². The number of aromatic carboxylic acids is 2. The molecule has 3 atom stereocenters. The molecule has 3 saturated heterocycles. The van der Waals surface area contributed by atoms with Crippen LogP contribution in [-0.2, 0) is 144 Å². The number of carboxylic acids is 3. The number of halogens is 3. The van der Waals surface area contributed by atoms with Crippen molar-refractivity contribution in [2.24, 2.45) is 21.7 Å². The summed E-state index contributed by atoms with van der Waals surface area (Å²) in [5.74, 6) is -7.65. The highest BCUT2D eigenvalue weighted by Crippen LogP contribution is 2.33. The van der Waals surface area contributed by atoms with Crippen molar-refractivity contribution in [3.8, 4) is 0 Å². The Bertz CT molecular complexity index is 4450. The van der Waals surface area contributed by atoms with Crippen molar-refractivity contribution < 1.29 is 168 Å². The van der Waals surface area contributed by atoms with E-state index in [1.807, 2.05) is 72.7 Å². The zero-order valence-corrected chi connectivity index (χ0v) is 97.6. The first-order valence-corrected chi connectivity index (χ1v) is 51.4. The quantitative estimate of drug-likeness (QED) is 0.0160. The lowest BCUT2D eigenvalue weighted by molar-refractivity contribution is -0.936. The normalized spacial score (nSPS) is 14.4. The van der Waals surface area contributed by atoms with E-state index in [1.54, 1.807) is 79.7 Å². The number of hydrogen-bond donors (Lipinski definition) is 3. The number of cyclic esters (lactones) is 3. The van der Waals surface area contributed by atoms with E-state index in [1.165, 1.54) is 70.3 Å². The van der Waals surface area contributed by atoms with E-state index < -0.39 is 99.9 Å². The molecule has 0 spiro atoms. The average molecular weight is 2140 g/mol. The lowest BCUT2D eigenvalue weighted by atomic mass is 9.82. The number of aryl methyl sites for hydroxylation is 1. The second-order valence-corrected chi connectivity index (χ2v) is 43.0. The van der Waals surface area contributed by atoms with Gasteiger partial charge >= 0.3 is 83.6 Å². The summed E-state index contributed by atoms with van der Waals surface area (Å²) in [5, 5.41) is 25.8. The molecule has 3 fully saturated rings. The molecule has 3 aliphatic heterocycles. The van der Waals surface area contributed by atoms with Gasteiger partial charge in [0.2, 0.25) is 18.3 Å². The van der Waals surface area contributed by atoms with Crippen molar-refractivity contribution in [2.75, 3.05) is 93.6 Å². The van der Waals surface area contributed by atoms with Crippen LogP contribution in [0.3, 0.4) is 0 Å². The molecule has 0 amide bonds. The average Bonchev–Trinajstić information content (AvgIpc) is 1.40. The van der Waals surface area contributed by atoms with Crippen molar-refractivity contribution in [2.45, 2.75) is 382 Å². The van der Waals surface area contributed by atoms with Gasteiger partial charge in [0.1, 0.15) is 45.1 Å². The third-order valence-corrected chi connectivity index (χ3v) is 27.4. The Kier molecular flexibility index (Phi) is 69.7. The Hall–Kier alpha value is -9.75. The highest BCUT2D eigenvalue weighted by atomic mass is 35.5. The topological polar surface area (TPSA) is 401 Å². The Balaban J connectivity index is -0.000000516. The number of likely N-dealkylation sites (N-methyl/N-ethyl adjacent to an activating group) is 1. The molecule has 0 saturated carbocycles. The maximum Gasteiger partial charge on any atom is 0.347 e. The summed E-state index contributed by atoms with van der Waals surface area (Å²) in [5.41, 5.74) is 7.25. The standard InChI is InChI=1S/C18H32N.C16H24O8.C13H20.C12H20O6.2C12H16O2.C11H24NO2.2C10H16O4.3ClH/c1-7-18(5,6)17-13-11-16(12-14-17)15-19(8-2,9-3)10-4;1-4-16(2,3)15(20)23-10-9-21-12(17)5-6-13(18)24-11-7-8-22-14(11)19;1-5-11-7-9-12(10-8-11)13(3,4)6-2;1-4-12(2,3)18-11(16)7-8-17-10(15)6-5-9(13)14;2*1-4-12(2,3)10-7-5-9(6-8-10)11(13)14;1-7-11(2,3)10(13)14-9-8-12(4,5)6;2*1-4-10(2,3)9(12)14-7-5-6-13-8(7)11;;;/h11-14H,7-10,15H2,1-6H3;11H,4-10H2,1-3H3;7-10H,5-6H2,1-4H3;4-8H2,1-3H3,(H,13,14);2*5-8H,4H2,1-3H3,(H,13,14);7-9H2,1-6H3;2*7H,4-6H2,1-3H3;3*1H/q+1;;;;;;+1;;;;;/p-2. The van der Waals surface area contributed by atoms with Crippen LogP contribution in [0.4, 0.5) is 0 Å². The zero-order chi connectivity index (χ0) is 111. The second kappa shape index (κ2) is 70.3. The minimum Gasteiger partial charge on any atom is -1.00 e. The van der Waals surface area contributed by atoms with Crippen LogP contribution in [0.15, 0.2) is 97.1 Å². The van der Waals surface area contributed by atoms with Crippen LogP contribution in [0, 0.1) is 21.7 Å².